The summed E-state index contributed by atoms with van der Waals surface area (Å²) >= 11 is 0. The number of nitrogens with one attached hydrogen (secondary N) is 1. The first-order valence-electron chi connectivity index (χ1n) is 9.80. The third-order valence-corrected chi connectivity index (χ3v) is 5.35. The Hall–Kier alpha value is -3.69. The van der Waals surface area contributed by atoms with E-state index in [4.69, 9.17) is 0 Å². The molecule has 2 amide bonds. The van der Waals surface area contributed by atoms with Crippen molar-refractivity contribution < 1.29 is 27.3 Å². The summed E-state index contributed by atoms with van der Waals surface area (Å²) in [6, 6.07) is 7.55. The molecule has 1 aliphatic heterocycles. The zero-order valence-electron chi connectivity index (χ0n) is 17.3. The largest absolute Gasteiger partial charge is 0.453 e. The average molecular weight is 444 g/mol. The highest BCUT2D eigenvalue weighted by atomic mass is 19.4. The summed E-state index contributed by atoms with van der Waals surface area (Å²) in [5.41, 5.74) is 3.44. The van der Waals surface area contributed by atoms with Crippen molar-refractivity contribution in [3.8, 4) is 11.1 Å². The van der Waals surface area contributed by atoms with Gasteiger partial charge in [-0.3, -0.25) is 14.6 Å². The standard InChI is InChI=1S/C22H19F3N4O3/c1-12-19(20(32-28-12)22(23,24)25)21(31)27-10-13-7-16(11-26-9-13)14-3-5-17-15(8-14)4-6-18(30)29(17)2/h3,5,7-9,11H,4,6,10H2,1-2H3,(H,27,31). The Morgan fingerprint density at radius 2 is 1.97 bits per heavy atom. The molecule has 0 bridgehead atoms. The first kappa shape index (κ1) is 21.5. The molecule has 0 spiro atoms. The molecule has 3 aromatic rings. The monoisotopic (exact) mass is 444 g/mol. The fourth-order valence-electron chi connectivity index (χ4n) is 3.68. The Balaban J connectivity index is 1.52. The lowest BCUT2D eigenvalue weighted by atomic mass is 9.96. The van der Waals surface area contributed by atoms with Crippen molar-refractivity contribution >= 4 is 17.5 Å². The van der Waals surface area contributed by atoms with Gasteiger partial charge in [-0.2, -0.15) is 13.2 Å². The molecule has 7 nitrogen and oxygen atoms in total. The second-order valence-electron chi connectivity index (χ2n) is 7.53. The second kappa shape index (κ2) is 8.10. The molecule has 0 fully saturated rings. The summed E-state index contributed by atoms with van der Waals surface area (Å²) in [7, 11) is 1.74. The van der Waals surface area contributed by atoms with Crippen LogP contribution in [0.4, 0.5) is 18.9 Å². The van der Waals surface area contributed by atoms with Gasteiger partial charge in [0.15, 0.2) is 0 Å². The molecular formula is C22H19F3N4O3. The number of hydrogen-bond acceptors (Lipinski definition) is 5. The van der Waals surface area contributed by atoms with Crippen LogP contribution in [0.5, 0.6) is 0 Å². The summed E-state index contributed by atoms with van der Waals surface area (Å²) in [6.07, 6.45) is -0.536. The van der Waals surface area contributed by atoms with Crippen LogP contribution in [0.2, 0.25) is 0 Å². The molecule has 0 radical (unpaired) electrons. The molecule has 1 aliphatic rings. The molecule has 0 saturated heterocycles. The van der Waals surface area contributed by atoms with Gasteiger partial charge in [0.05, 0.1) is 5.69 Å². The SMILES string of the molecule is Cc1noc(C(F)(F)F)c1C(=O)NCc1cncc(-c2ccc3c(c2)CCC(=O)N3C)c1. The van der Waals surface area contributed by atoms with E-state index in [0.717, 1.165) is 22.4 Å². The van der Waals surface area contributed by atoms with Gasteiger partial charge in [0.1, 0.15) is 5.56 Å². The maximum absolute atomic E-state index is 13.0. The van der Waals surface area contributed by atoms with E-state index < -0.39 is 23.4 Å². The molecule has 0 saturated carbocycles. The summed E-state index contributed by atoms with van der Waals surface area (Å²) in [6.45, 7) is 1.25. The Kier molecular flexibility index (Phi) is 5.45. The number of alkyl halides is 3. The van der Waals surface area contributed by atoms with Crippen LogP contribution in [-0.4, -0.2) is 29.0 Å². The quantitative estimate of drug-likeness (QED) is 0.659. The Morgan fingerprint density at radius 1 is 1.19 bits per heavy atom. The number of halogens is 3. The van der Waals surface area contributed by atoms with Gasteiger partial charge in [0.25, 0.3) is 11.7 Å². The van der Waals surface area contributed by atoms with Gasteiger partial charge in [0.2, 0.25) is 5.91 Å². The number of fused-ring (bicyclic) bond motifs is 1. The summed E-state index contributed by atoms with van der Waals surface area (Å²) in [5, 5.41) is 5.74. The number of nitrogens with zero attached hydrogens (tertiary/aromatic N) is 3. The van der Waals surface area contributed by atoms with Gasteiger partial charge in [-0.25, -0.2) is 0 Å². The van der Waals surface area contributed by atoms with Crippen LogP contribution in [0.25, 0.3) is 11.1 Å². The minimum Gasteiger partial charge on any atom is -0.351 e. The molecular weight excluding hydrogens is 425 g/mol. The molecule has 32 heavy (non-hydrogen) atoms. The lowest BCUT2D eigenvalue weighted by Crippen LogP contribution is -2.30. The maximum atomic E-state index is 13.0. The fourth-order valence-corrected chi connectivity index (χ4v) is 3.68. The smallest absolute Gasteiger partial charge is 0.351 e. The number of carbonyl (C=O) groups is 2. The lowest BCUT2D eigenvalue weighted by molar-refractivity contribution is -0.155. The van der Waals surface area contributed by atoms with Crippen LogP contribution in [0, 0.1) is 6.92 Å². The van der Waals surface area contributed by atoms with Crippen LogP contribution in [0.15, 0.2) is 41.2 Å². The van der Waals surface area contributed by atoms with Crippen molar-refractivity contribution in [2.45, 2.75) is 32.5 Å². The van der Waals surface area contributed by atoms with E-state index in [0.29, 0.717) is 18.4 Å². The van der Waals surface area contributed by atoms with E-state index in [-0.39, 0.29) is 18.1 Å². The third kappa shape index (κ3) is 4.08. The minimum atomic E-state index is -4.82. The molecule has 1 N–H and O–H groups in total. The van der Waals surface area contributed by atoms with Gasteiger partial charge in [-0.1, -0.05) is 11.2 Å². The number of carbonyl (C=O) groups excluding carboxylic acids is 2. The number of aromatic nitrogens is 2. The zero-order chi connectivity index (χ0) is 23.0. The highest BCUT2D eigenvalue weighted by molar-refractivity contribution is 5.97. The average Bonchev–Trinajstić information content (AvgIpc) is 3.17. The fraction of sp³-hybridized carbons (Fsp3) is 0.273. The van der Waals surface area contributed by atoms with Gasteiger partial charge in [0, 0.05) is 43.7 Å². The van der Waals surface area contributed by atoms with Crippen LogP contribution in [0.1, 0.15) is 39.4 Å². The van der Waals surface area contributed by atoms with E-state index in [1.54, 1.807) is 24.2 Å². The molecule has 3 heterocycles. The summed E-state index contributed by atoms with van der Waals surface area (Å²) < 4.78 is 43.4. The minimum absolute atomic E-state index is 0.0240. The van der Waals surface area contributed by atoms with Gasteiger partial charge < -0.3 is 14.7 Å². The van der Waals surface area contributed by atoms with Crippen LogP contribution in [0.3, 0.4) is 0 Å². The van der Waals surface area contributed by atoms with Crippen molar-refractivity contribution in [2.24, 2.45) is 0 Å². The van der Waals surface area contributed by atoms with Crippen LogP contribution in [-0.2, 0) is 23.9 Å². The zero-order valence-corrected chi connectivity index (χ0v) is 17.3. The second-order valence-corrected chi connectivity index (χ2v) is 7.53. The third-order valence-electron chi connectivity index (χ3n) is 5.35. The van der Waals surface area contributed by atoms with Crippen molar-refractivity contribution in [3.63, 3.8) is 0 Å². The summed E-state index contributed by atoms with van der Waals surface area (Å²) in [5.74, 6) is -2.28. The molecule has 166 valence electrons. The maximum Gasteiger partial charge on any atom is 0.453 e. The number of pyridine rings is 1. The Bertz CT molecular complexity index is 1200. The van der Waals surface area contributed by atoms with Gasteiger partial charge >= 0.3 is 6.18 Å². The molecule has 10 heteroatoms. The predicted octanol–water partition coefficient (Wildman–Crippen LogP) is 3.90. The number of hydrogen-bond donors (Lipinski definition) is 1. The van der Waals surface area contributed by atoms with Crippen molar-refractivity contribution in [1.29, 1.82) is 0 Å². The molecule has 0 unspecified atom stereocenters. The first-order valence-corrected chi connectivity index (χ1v) is 9.80. The van der Waals surface area contributed by atoms with Crippen molar-refractivity contribution in [1.82, 2.24) is 15.5 Å². The number of amides is 2. The molecule has 0 aliphatic carbocycles. The Labute approximate surface area is 181 Å². The first-order chi connectivity index (χ1) is 15.1. The normalized spacial score (nSPS) is 13.8. The lowest BCUT2D eigenvalue weighted by Gasteiger charge is -2.26. The van der Waals surface area contributed by atoms with Gasteiger partial charge in [-0.05, 0) is 48.2 Å². The highest BCUT2D eigenvalue weighted by Gasteiger charge is 2.41. The number of anilines is 1. The summed E-state index contributed by atoms with van der Waals surface area (Å²) in [4.78, 5) is 30.1. The Morgan fingerprint density at radius 3 is 2.72 bits per heavy atom. The van der Waals surface area contributed by atoms with Gasteiger partial charge in [-0.15, -0.1) is 0 Å². The number of aryl methyl sites for hydroxylation is 2. The number of rotatable bonds is 4. The van der Waals surface area contributed by atoms with E-state index >= 15 is 0 Å². The molecule has 0 atom stereocenters. The van der Waals surface area contributed by atoms with E-state index in [2.05, 4.69) is 20.0 Å². The van der Waals surface area contributed by atoms with Crippen LogP contribution >= 0.6 is 0 Å². The molecule has 1 aromatic carbocycles. The van der Waals surface area contributed by atoms with E-state index in [9.17, 15) is 22.8 Å². The van der Waals surface area contributed by atoms with Crippen LogP contribution < -0.4 is 10.2 Å². The van der Waals surface area contributed by atoms with Crippen molar-refractivity contribution in [2.75, 3.05) is 11.9 Å². The topological polar surface area (TPSA) is 88.3 Å². The van der Waals surface area contributed by atoms with Crippen molar-refractivity contribution in [3.05, 3.63) is 64.8 Å². The predicted molar refractivity (Wildman–Crippen MR) is 109 cm³/mol. The number of benzene rings is 1. The van der Waals surface area contributed by atoms with E-state index in [1.807, 2.05) is 18.2 Å². The molecule has 4 rings (SSSR count). The highest BCUT2D eigenvalue weighted by Crippen LogP contribution is 2.34. The molecule has 2 aromatic heterocycles. The van der Waals surface area contributed by atoms with E-state index in [1.165, 1.54) is 13.1 Å².